The molecule has 0 amide bonds. The zero-order valence-electron chi connectivity index (χ0n) is 6.90. The van der Waals surface area contributed by atoms with Crippen molar-refractivity contribution in [3.05, 3.63) is 23.7 Å². The molecular formula is C8H11BO3. The van der Waals surface area contributed by atoms with E-state index in [-0.39, 0.29) is 11.7 Å². The van der Waals surface area contributed by atoms with E-state index in [0.717, 1.165) is 0 Å². The van der Waals surface area contributed by atoms with Crippen LogP contribution in [0.2, 0.25) is 0 Å². The van der Waals surface area contributed by atoms with Gasteiger partial charge in [0.15, 0.2) is 0 Å². The second-order valence-electron chi connectivity index (χ2n) is 2.89. The van der Waals surface area contributed by atoms with E-state index in [0.29, 0.717) is 11.9 Å². The fourth-order valence-corrected chi connectivity index (χ4v) is 1.13. The first-order chi connectivity index (χ1) is 5.61. The molecule has 0 aromatic rings. The molecule has 0 fully saturated rings. The van der Waals surface area contributed by atoms with Crippen LogP contribution < -0.4 is 0 Å². The van der Waals surface area contributed by atoms with E-state index in [1.807, 2.05) is 0 Å². The van der Waals surface area contributed by atoms with Crippen LogP contribution in [0, 0.1) is 5.92 Å². The van der Waals surface area contributed by atoms with E-state index in [1.54, 1.807) is 18.2 Å². The third-order valence-corrected chi connectivity index (χ3v) is 1.95. The number of rotatable bonds is 2. The predicted octanol–water partition coefficient (Wildman–Crippen LogP) is 0.0899. The Labute approximate surface area is 71.6 Å². The second-order valence-corrected chi connectivity index (χ2v) is 2.89. The van der Waals surface area contributed by atoms with Crippen LogP contribution in [-0.4, -0.2) is 22.9 Å². The SMILES string of the molecule is CC(=O)[C@H]1C=CC(B(O)O)=CC1. The lowest BCUT2D eigenvalue weighted by molar-refractivity contribution is -0.119. The van der Waals surface area contributed by atoms with Gasteiger partial charge in [0, 0.05) is 5.92 Å². The Morgan fingerprint density at radius 3 is 2.67 bits per heavy atom. The maximum atomic E-state index is 10.9. The molecule has 1 atom stereocenters. The molecule has 12 heavy (non-hydrogen) atoms. The lowest BCUT2D eigenvalue weighted by Gasteiger charge is -2.12. The van der Waals surface area contributed by atoms with Crippen molar-refractivity contribution in [2.24, 2.45) is 5.92 Å². The number of carbonyl (C=O) groups is 1. The van der Waals surface area contributed by atoms with E-state index in [4.69, 9.17) is 10.0 Å². The molecule has 2 N–H and O–H groups in total. The van der Waals surface area contributed by atoms with E-state index < -0.39 is 7.12 Å². The average Bonchev–Trinajstić information content (AvgIpc) is 2.04. The number of ketones is 1. The minimum atomic E-state index is -1.42. The molecule has 0 saturated carbocycles. The standard InChI is InChI=1S/C8H11BO3/c1-6(10)7-2-4-8(5-3-7)9(11)12/h2,4-5,7,11-12H,3H2,1H3/t7-/m0/s1. The summed E-state index contributed by atoms with van der Waals surface area (Å²) in [5.41, 5.74) is 0.465. The summed E-state index contributed by atoms with van der Waals surface area (Å²) in [6.07, 6.45) is 5.53. The lowest BCUT2D eigenvalue weighted by Crippen LogP contribution is -2.18. The summed E-state index contributed by atoms with van der Waals surface area (Å²) in [7, 11) is -1.42. The predicted molar refractivity (Wildman–Crippen MR) is 46.2 cm³/mol. The summed E-state index contributed by atoms with van der Waals surface area (Å²) in [5.74, 6) is 0.0153. The monoisotopic (exact) mass is 166 g/mol. The van der Waals surface area contributed by atoms with Gasteiger partial charge in [0.05, 0.1) is 0 Å². The lowest BCUT2D eigenvalue weighted by atomic mass is 9.75. The molecule has 0 aliphatic heterocycles. The topological polar surface area (TPSA) is 57.5 Å². The van der Waals surface area contributed by atoms with Gasteiger partial charge >= 0.3 is 7.12 Å². The maximum Gasteiger partial charge on any atom is 0.488 e. The van der Waals surface area contributed by atoms with Crippen LogP contribution in [0.4, 0.5) is 0 Å². The fraction of sp³-hybridized carbons (Fsp3) is 0.375. The number of Topliss-reactive ketones (excluding diaryl/α,β-unsaturated/α-hetero) is 1. The summed E-state index contributed by atoms with van der Waals surface area (Å²) in [4.78, 5) is 10.9. The second kappa shape index (κ2) is 3.69. The van der Waals surface area contributed by atoms with Crippen LogP contribution in [0.15, 0.2) is 23.7 Å². The zero-order valence-corrected chi connectivity index (χ0v) is 6.90. The number of hydrogen-bond donors (Lipinski definition) is 2. The smallest absolute Gasteiger partial charge is 0.423 e. The summed E-state index contributed by atoms with van der Waals surface area (Å²) in [5, 5.41) is 17.5. The van der Waals surface area contributed by atoms with Crippen molar-refractivity contribution in [2.45, 2.75) is 13.3 Å². The van der Waals surface area contributed by atoms with Crippen molar-refractivity contribution in [3.63, 3.8) is 0 Å². The highest BCUT2D eigenvalue weighted by atomic mass is 16.4. The van der Waals surface area contributed by atoms with Gasteiger partial charge in [-0.05, 0) is 18.8 Å². The van der Waals surface area contributed by atoms with Gasteiger partial charge in [-0.3, -0.25) is 4.79 Å². The summed E-state index contributed by atoms with van der Waals surface area (Å²) >= 11 is 0. The van der Waals surface area contributed by atoms with Crippen molar-refractivity contribution in [1.29, 1.82) is 0 Å². The first-order valence-corrected chi connectivity index (χ1v) is 3.86. The van der Waals surface area contributed by atoms with Gasteiger partial charge in [-0.2, -0.15) is 0 Å². The van der Waals surface area contributed by atoms with Gasteiger partial charge in [0.2, 0.25) is 0 Å². The molecule has 0 saturated heterocycles. The Balaban J connectivity index is 2.61. The molecular weight excluding hydrogens is 155 g/mol. The van der Waals surface area contributed by atoms with Gasteiger partial charge in [0.25, 0.3) is 0 Å². The number of carbonyl (C=O) groups excluding carboxylic acids is 1. The fourth-order valence-electron chi connectivity index (χ4n) is 1.13. The Morgan fingerprint density at radius 2 is 2.33 bits per heavy atom. The Kier molecular flexibility index (Phi) is 2.84. The van der Waals surface area contributed by atoms with E-state index in [9.17, 15) is 4.79 Å². The Bertz CT molecular complexity index is 243. The van der Waals surface area contributed by atoms with E-state index in [1.165, 1.54) is 6.92 Å². The van der Waals surface area contributed by atoms with Gasteiger partial charge in [-0.15, -0.1) is 0 Å². The maximum absolute atomic E-state index is 10.9. The molecule has 0 spiro atoms. The van der Waals surface area contributed by atoms with Crippen LogP contribution in [0.5, 0.6) is 0 Å². The van der Waals surface area contributed by atoms with Crippen molar-refractivity contribution >= 4 is 12.9 Å². The molecule has 0 unspecified atom stereocenters. The molecule has 0 heterocycles. The normalized spacial score (nSPS) is 21.9. The van der Waals surface area contributed by atoms with E-state index in [2.05, 4.69) is 0 Å². The largest absolute Gasteiger partial charge is 0.488 e. The van der Waals surface area contributed by atoms with Crippen molar-refractivity contribution in [1.82, 2.24) is 0 Å². The Morgan fingerprint density at radius 1 is 1.67 bits per heavy atom. The number of hydrogen-bond acceptors (Lipinski definition) is 3. The highest BCUT2D eigenvalue weighted by molar-refractivity contribution is 6.51. The average molecular weight is 166 g/mol. The van der Waals surface area contributed by atoms with Gasteiger partial charge in [-0.25, -0.2) is 0 Å². The van der Waals surface area contributed by atoms with Crippen LogP contribution in [0.3, 0.4) is 0 Å². The van der Waals surface area contributed by atoms with Crippen LogP contribution in [-0.2, 0) is 4.79 Å². The van der Waals surface area contributed by atoms with Crippen molar-refractivity contribution in [2.75, 3.05) is 0 Å². The first kappa shape index (κ1) is 9.22. The molecule has 0 bridgehead atoms. The molecule has 0 aromatic carbocycles. The van der Waals surface area contributed by atoms with Gasteiger partial charge in [-0.1, -0.05) is 18.2 Å². The van der Waals surface area contributed by atoms with Crippen molar-refractivity contribution < 1.29 is 14.8 Å². The minimum Gasteiger partial charge on any atom is -0.423 e. The van der Waals surface area contributed by atoms with Crippen LogP contribution in [0.25, 0.3) is 0 Å². The molecule has 64 valence electrons. The van der Waals surface area contributed by atoms with E-state index >= 15 is 0 Å². The summed E-state index contributed by atoms with van der Waals surface area (Å²) in [6, 6.07) is 0. The molecule has 1 aliphatic carbocycles. The van der Waals surface area contributed by atoms with Gasteiger partial charge < -0.3 is 10.0 Å². The molecule has 0 aromatic heterocycles. The quantitative estimate of drug-likeness (QED) is 0.571. The molecule has 1 rings (SSSR count). The zero-order chi connectivity index (χ0) is 9.14. The van der Waals surface area contributed by atoms with Crippen LogP contribution >= 0.6 is 0 Å². The van der Waals surface area contributed by atoms with Crippen molar-refractivity contribution in [3.8, 4) is 0 Å². The minimum absolute atomic E-state index is 0.0903. The number of allylic oxidation sites excluding steroid dienone is 4. The molecule has 1 aliphatic rings. The summed E-state index contributed by atoms with van der Waals surface area (Å²) in [6.45, 7) is 1.53. The molecule has 3 nitrogen and oxygen atoms in total. The summed E-state index contributed by atoms with van der Waals surface area (Å²) < 4.78 is 0. The highest BCUT2D eigenvalue weighted by Crippen LogP contribution is 2.17. The molecule has 4 heteroatoms. The third kappa shape index (κ3) is 2.06. The Hall–Kier alpha value is -0.865. The van der Waals surface area contributed by atoms with Gasteiger partial charge in [0.1, 0.15) is 5.78 Å². The molecule has 0 radical (unpaired) electrons. The highest BCUT2D eigenvalue weighted by Gasteiger charge is 2.18. The van der Waals surface area contributed by atoms with Crippen LogP contribution in [0.1, 0.15) is 13.3 Å². The first-order valence-electron chi connectivity index (χ1n) is 3.86. The third-order valence-electron chi connectivity index (χ3n) is 1.95.